The number of nitrogens with zero attached hydrogens (tertiary/aromatic N) is 1. The molecule has 0 aromatic heterocycles. The van der Waals surface area contributed by atoms with Crippen molar-refractivity contribution < 1.29 is 23.5 Å². The van der Waals surface area contributed by atoms with Crippen LogP contribution in [0.2, 0.25) is 0 Å². The van der Waals surface area contributed by atoms with Crippen LogP contribution in [-0.4, -0.2) is 31.2 Å². The molecule has 0 radical (unpaired) electrons. The van der Waals surface area contributed by atoms with Crippen LogP contribution in [0, 0.1) is 5.82 Å². The number of benzene rings is 2. The largest absolute Gasteiger partial charge is 0.485 e. The van der Waals surface area contributed by atoms with E-state index in [4.69, 9.17) is 9.47 Å². The maximum Gasteiger partial charge on any atom is 0.414 e. The fraction of sp³-hybridized carbons (Fsp3) is 0.192. The molecule has 3 aromatic carbocycles. The highest BCUT2D eigenvalue weighted by Gasteiger charge is 2.32. The molecule has 4 rings (SSSR count). The predicted octanol–water partition coefficient (Wildman–Crippen LogP) is 3.89. The summed E-state index contributed by atoms with van der Waals surface area (Å²) in [5, 5.41) is 2.60. The van der Waals surface area contributed by atoms with Gasteiger partial charge in [-0.1, -0.05) is 42.5 Å². The fourth-order valence-electron chi connectivity index (χ4n) is 3.59. The first-order chi connectivity index (χ1) is 16.4. The van der Waals surface area contributed by atoms with Crippen LogP contribution in [0.3, 0.4) is 0 Å². The molecule has 1 heterocycles. The molecule has 0 bridgehead atoms. The van der Waals surface area contributed by atoms with Gasteiger partial charge in [-0.25, -0.2) is 9.18 Å². The molecule has 34 heavy (non-hydrogen) atoms. The Bertz CT molecular complexity index is 1270. The van der Waals surface area contributed by atoms with Crippen LogP contribution in [0.5, 0.6) is 5.75 Å². The monoisotopic (exact) mass is 462 g/mol. The van der Waals surface area contributed by atoms with Crippen LogP contribution in [0.4, 0.5) is 14.9 Å². The van der Waals surface area contributed by atoms with Crippen LogP contribution in [-0.2, 0) is 16.1 Å². The number of amides is 2. The van der Waals surface area contributed by atoms with E-state index >= 15 is 4.39 Å². The third kappa shape index (κ3) is 5.40. The van der Waals surface area contributed by atoms with Gasteiger partial charge in [-0.3, -0.25) is 14.5 Å². The number of hydrogen-bond acceptors (Lipinski definition) is 5. The van der Waals surface area contributed by atoms with Crippen molar-refractivity contribution in [1.82, 2.24) is 5.32 Å². The number of halogens is 1. The van der Waals surface area contributed by atoms with Gasteiger partial charge >= 0.3 is 6.09 Å². The smallest absolute Gasteiger partial charge is 0.414 e. The molecule has 174 valence electrons. The highest BCUT2D eigenvalue weighted by Crippen LogP contribution is 2.29. The van der Waals surface area contributed by atoms with E-state index in [2.05, 4.69) is 5.32 Å². The first-order valence-corrected chi connectivity index (χ1v) is 10.7. The maximum absolute atomic E-state index is 15.0. The number of hydrogen-bond donors (Lipinski definition) is 1. The average Bonchev–Trinajstić information content (AvgIpc) is 3.10. The second-order valence-corrected chi connectivity index (χ2v) is 7.84. The lowest BCUT2D eigenvalue weighted by atomic mass is 10.1. The van der Waals surface area contributed by atoms with Crippen molar-refractivity contribution in [3.05, 3.63) is 94.4 Å². The van der Waals surface area contributed by atoms with E-state index < -0.39 is 18.0 Å². The van der Waals surface area contributed by atoms with Crippen molar-refractivity contribution in [2.45, 2.75) is 19.6 Å². The fourth-order valence-corrected chi connectivity index (χ4v) is 3.59. The Balaban J connectivity index is 1.50. The van der Waals surface area contributed by atoms with Gasteiger partial charge < -0.3 is 14.8 Å². The third-order valence-electron chi connectivity index (χ3n) is 5.34. The summed E-state index contributed by atoms with van der Waals surface area (Å²) in [7, 11) is 0. The van der Waals surface area contributed by atoms with Gasteiger partial charge in [0.25, 0.3) is 0 Å². The van der Waals surface area contributed by atoms with Crippen molar-refractivity contribution in [2.24, 2.45) is 0 Å². The molecule has 1 N–H and O–H groups in total. The lowest BCUT2D eigenvalue weighted by molar-refractivity contribution is -0.119. The zero-order chi connectivity index (χ0) is 24.1. The second kappa shape index (κ2) is 10.2. The summed E-state index contributed by atoms with van der Waals surface area (Å²) in [4.78, 5) is 37.0. The van der Waals surface area contributed by atoms with Gasteiger partial charge in [-0.05, 0) is 41.5 Å². The van der Waals surface area contributed by atoms with E-state index in [1.54, 1.807) is 18.2 Å². The molecule has 8 heteroatoms. The molecule has 0 aliphatic carbocycles. The molecule has 0 unspecified atom stereocenters. The van der Waals surface area contributed by atoms with Gasteiger partial charge in [0, 0.05) is 12.5 Å². The van der Waals surface area contributed by atoms with Gasteiger partial charge in [0.2, 0.25) is 11.3 Å². The predicted molar refractivity (Wildman–Crippen MR) is 125 cm³/mol. The highest BCUT2D eigenvalue weighted by atomic mass is 19.1. The van der Waals surface area contributed by atoms with Gasteiger partial charge in [0.15, 0.2) is 5.75 Å². The number of rotatable bonds is 7. The van der Waals surface area contributed by atoms with Gasteiger partial charge in [0.1, 0.15) is 18.5 Å². The van der Waals surface area contributed by atoms with E-state index in [0.717, 1.165) is 5.56 Å². The summed E-state index contributed by atoms with van der Waals surface area (Å²) in [5.41, 5.74) is 1.71. The second-order valence-electron chi connectivity index (χ2n) is 7.84. The van der Waals surface area contributed by atoms with E-state index in [-0.39, 0.29) is 42.3 Å². The summed E-state index contributed by atoms with van der Waals surface area (Å²) in [6.07, 6.45) is -1.12. The number of ether oxygens (including phenoxy) is 2. The molecule has 7 nitrogen and oxygen atoms in total. The van der Waals surface area contributed by atoms with Crippen molar-refractivity contribution in [1.29, 1.82) is 0 Å². The minimum atomic E-state index is -0.607. The van der Waals surface area contributed by atoms with Gasteiger partial charge in [0.05, 0.1) is 18.8 Å². The van der Waals surface area contributed by atoms with Crippen molar-refractivity contribution in [3.63, 3.8) is 0 Å². The Morgan fingerprint density at radius 3 is 2.59 bits per heavy atom. The Hall–Kier alpha value is -4.20. The Labute approximate surface area is 195 Å². The summed E-state index contributed by atoms with van der Waals surface area (Å²) in [5.74, 6) is -0.617. The summed E-state index contributed by atoms with van der Waals surface area (Å²) < 4.78 is 25.9. The topological polar surface area (TPSA) is 84.9 Å². The van der Waals surface area contributed by atoms with Crippen LogP contribution < -0.4 is 20.4 Å². The van der Waals surface area contributed by atoms with Crippen molar-refractivity contribution in [2.75, 3.05) is 18.0 Å². The van der Waals surface area contributed by atoms with Crippen molar-refractivity contribution >= 4 is 17.7 Å². The van der Waals surface area contributed by atoms with Crippen molar-refractivity contribution in [3.8, 4) is 16.9 Å². The van der Waals surface area contributed by atoms with E-state index in [1.807, 2.05) is 30.3 Å². The number of carbonyl (C=O) groups is 2. The normalized spacial score (nSPS) is 15.1. The van der Waals surface area contributed by atoms with Gasteiger partial charge in [-0.2, -0.15) is 0 Å². The van der Waals surface area contributed by atoms with Crippen LogP contribution >= 0.6 is 0 Å². The van der Waals surface area contributed by atoms with Crippen LogP contribution in [0.25, 0.3) is 11.1 Å². The lowest BCUT2D eigenvalue weighted by Crippen LogP contribution is -2.33. The first kappa shape index (κ1) is 23.0. The minimum Gasteiger partial charge on any atom is -0.485 e. The first-order valence-electron chi connectivity index (χ1n) is 10.7. The molecule has 1 aliphatic rings. The minimum absolute atomic E-state index is 0.164. The molecule has 1 fully saturated rings. The highest BCUT2D eigenvalue weighted by molar-refractivity contribution is 5.90. The number of carbonyl (C=O) groups excluding carboxylic acids is 2. The summed E-state index contributed by atoms with van der Waals surface area (Å²) in [6.45, 7) is 2.00. The van der Waals surface area contributed by atoms with E-state index in [9.17, 15) is 14.4 Å². The molecule has 1 atom stereocenters. The molecule has 3 aromatic rings. The molecular formula is C26H23FN2O5. The van der Waals surface area contributed by atoms with Crippen LogP contribution in [0.1, 0.15) is 12.5 Å². The molecule has 0 spiro atoms. The molecule has 1 aliphatic heterocycles. The standard InChI is InChI=1S/C26H23FN2O5/c1-17(30)28-14-21-15-29(26(32)34-21)20-9-10-22(23(27)13-20)19-7-11-24(31)25(12-8-19)33-16-18-5-3-2-4-6-18/h2-13,21H,14-16H2,1H3,(H,28,30)/t21-/m0/s1. The zero-order valence-electron chi connectivity index (χ0n) is 18.5. The number of anilines is 1. The van der Waals surface area contributed by atoms with E-state index in [1.165, 1.54) is 36.1 Å². The van der Waals surface area contributed by atoms with E-state index in [0.29, 0.717) is 11.3 Å². The average molecular weight is 462 g/mol. The number of cyclic esters (lactones) is 1. The number of nitrogens with one attached hydrogen (secondary N) is 1. The zero-order valence-corrected chi connectivity index (χ0v) is 18.5. The third-order valence-corrected chi connectivity index (χ3v) is 5.34. The Morgan fingerprint density at radius 1 is 1.09 bits per heavy atom. The quantitative estimate of drug-likeness (QED) is 0.576. The molecule has 1 saturated heterocycles. The summed E-state index contributed by atoms with van der Waals surface area (Å²) in [6, 6.07) is 19.9. The Morgan fingerprint density at radius 2 is 1.85 bits per heavy atom. The van der Waals surface area contributed by atoms with Crippen LogP contribution in [0.15, 0.2) is 77.6 Å². The molecule has 0 saturated carbocycles. The Kier molecular flexibility index (Phi) is 6.87. The lowest BCUT2D eigenvalue weighted by Gasteiger charge is -2.14. The molecule has 2 amide bonds. The molecular weight excluding hydrogens is 439 g/mol. The SMILES string of the molecule is CC(=O)NC[C@H]1CN(c2ccc(-c3ccc(OCc4ccccc4)c(=O)cc3)c(F)c2)C(=O)O1. The van der Waals surface area contributed by atoms with Gasteiger partial charge in [-0.15, -0.1) is 0 Å². The maximum atomic E-state index is 15.0. The summed E-state index contributed by atoms with van der Waals surface area (Å²) >= 11 is 0.